The van der Waals surface area contributed by atoms with Crippen LogP contribution < -0.4 is 10.9 Å². The first-order chi connectivity index (χ1) is 12.6. The van der Waals surface area contributed by atoms with Crippen LogP contribution in [0.15, 0.2) is 59.8 Å². The Kier molecular flexibility index (Phi) is 3.77. The zero-order valence-electron chi connectivity index (χ0n) is 13.8. The first-order valence-corrected chi connectivity index (χ1v) is 7.88. The minimum atomic E-state index is -0.328. The second kappa shape index (κ2) is 6.25. The number of rotatable bonds is 3. The molecule has 0 bridgehead atoms. The third-order valence-corrected chi connectivity index (χ3v) is 3.75. The standard InChI is InChI=1S/C18H14N6O2/c1-11-9-15(25)23-16(20-11)12-3-5-13(6-4-12)21-17(26)14-10-24-8-2-7-19-18(24)22-14/h2-10H,1H3,(H,21,26)(H,20,23,25). The maximum absolute atomic E-state index is 12.4. The number of H-pyrrole nitrogens is 1. The van der Waals surface area contributed by atoms with E-state index in [0.717, 1.165) is 5.56 Å². The van der Waals surface area contributed by atoms with Gasteiger partial charge in [-0.1, -0.05) is 0 Å². The fraction of sp³-hybridized carbons (Fsp3) is 0.0556. The number of hydrogen-bond donors (Lipinski definition) is 2. The minimum Gasteiger partial charge on any atom is -0.321 e. The normalized spacial score (nSPS) is 10.8. The lowest BCUT2D eigenvalue weighted by Crippen LogP contribution is -2.12. The highest BCUT2D eigenvalue weighted by molar-refractivity contribution is 6.03. The summed E-state index contributed by atoms with van der Waals surface area (Å²) in [5, 5.41) is 2.79. The highest BCUT2D eigenvalue weighted by Crippen LogP contribution is 2.18. The summed E-state index contributed by atoms with van der Waals surface area (Å²) in [6.07, 6.45) is 5.01. The molecule has 0 spiro atoms. The Hall–Kier alpha value is -3.81. The maximum Gasteiger partial charge on any atom is 0.275 e. The summed E-state index contributed by atoms with van der Waals surface area (Å²) in [5.74, 6) is 0.618. The van der Waals surface area contributed by atoms with Gasteiger partial charge in [-0.15, -0.1) is 0 Å². The molecule has 0 aliphatic carbocycles. The lowest BCUT2D eigenvalue weighted by atomic mass is 10.2. The van der Waals surface area contributed by atoms with E-state index in [4.69, 9.17) is 0 Å². The van der Waals surface area contributed by atoms with Crippen LogP contribution in [0, 0.1) is 6.92 Å². The molecule has 26 heavy (non-hydrogen) atoms. The third-order valence-electron chi connectivity index (χ3n) is 3.75. The van der Waals surface area contributed by atoms with Gasteiger partial charge in [0.15, 0.2) is 0 Å². The number of imidazole rings is 1. The lowest BCUT2D eigenvalue weighted by Gasteiger charge is -2.05. The van der Waals surface area contributed by atoms with E-state index < -0.39 is 0 Å². The number of anilines is 1. The molecule has 4 rings (SSSR count). The number of carbonyl (C=O) groups excluding carboxylic acids is 1. The summed E-state index contributed by atoms with van der Waals surface area (Å²) < 4.78 is 1.68. The number of hydrogen-bond acceptors (Lipinski definition) is 5. The van der Waals surface area contributed by atoms with E-state index in [1.807, 2.05) is 0 Å². The molecule has 4 aromatic rings. The summed E-state index contributed by atoms with van der Waals surface area (Å²) in [4.78, 5) is 39.2. The fourth-order valence-electron chi connectivity index (χ4n) is 2.56. The third kappa shape index (κ3) is 3.07. The van der Waals surface area contributed by atoms with Gasteiger partial charge in [-0.3, -0.25) is 14.0 Å². The van der Waals surface area contributed by atoms with Crippen LogP contribution >= 0.6 is 0 Å². The molecule has 2 N–H and O–H groups in total. The summed E-state index contributed by atoms with van der Waals surface area (Å²) in [5.41, 5.74) is 2.07. The summed E-state index contributed by atoms with van der Waals surface area (Å²) in [6, 6.07) is 10.2. The van der Waals surface area contributed by atoms with E-state index in [0.29, 0.717) is 23.0 Å². The molecule has 3 heterocycles. The van der Waals surface area contributed by atoms with Crippen molar-refractivity contribution in [2.45, 2.75) is 6.92 Å². The molecule has 8 nitrogen and oxygen atoms in total. The Bertz CT molecular complexity index is 1130. The lowest BCUT2D eigenvalue weighted by molar-refractivity contribution is 0.102. The van der Waals surface area contributed by atoms with Gasteiger partial charge in [-0.05, 0) is 37.3 Å². The van der Waals surface area contributed by atoms with Gasteiger partial charge in [-0.2, -0.15) is 0 Å². The van der Waals surface area contributed by atoms with Crippen LogP contribution in [-0.4, -0.2) is 30.2 Å². The number of nitrogens with one attached hydrogen (secondary N) is 2. The van der Waals surface area contributed by atoms with Gasteiger partial charge in [0.05, 0.1) is 0 Å². The number of aromatic amines is 1. The molecule has 1 aromatic carbocycles. The highest BCUT2D eigenvalue weighted by atomic mass is 16.2. The number of amides is 1. The maximum atomic E-state index is 12.4. The second-order valence-corrected chi connectivity index (χ2v) is 5.72. The van der Waals surface area contributed by atoms with Gasteiger partial charge in [-0.25, -0.2) is 15.0 Å². The smallest absolute Gasteiger partial charge is 0.275 e. The van der Waals surface area contributed by atoms with Crippen molar-refractivity contribution in [3.8, 4) is 11.4 Å². The molecule has 0 aliphatic heterocycles. The number of aryl methyl sites for hydroxylation is 1. The monoisotopic (exact) mass is 346 g/mol. The minimum absolute atomic E-state index is 0.203. The van der Waals surface area contributed by atoms with Crippen LogP contribution in [0.1, 0.15) is 16.2 Å². The Morgan fingerprint density at radius 2 is 2.00 bits per heavy atom. The van der Waals surface area contributed by atoms with Crippen molar-refractivity contribution in [2.75, 3.05) is 5.32 Å². The van der Waals surface area contributed by atoms with E-state index in [9.17, 15) is 9.59 Å². The van der Waals surface area contributed by atoms with Crippen molar-refractivity contribution in [1.82, 2.24) is 24.3 Å². The highest BCUT2D eigenvalue weighted by Gasteiger charge is 2.11. The van der Waals surface area contributed by atoms with Crippen LogP contribution in [0.2, 0.25) is 0 Å². The zero-order valence-corrected chi connectivity index (χ0v) is 13.8. The van der Waals surface area contributed by atoms with E-state index in [1.54, 1.807) is 60.2 Å². The first-order valence-electron chi connectivity index (χ1n) is 7.88. The van der Waals surface area contributed by atoms with Crippen LogP contribution in [0.25, 0.3) is 17.2 Å². The molecular weight excluding hydrogens is 332 g/mol. The Morgan fingerprint density at radius 3 is 2.73 bits per heavy atom. The molecule has 3 aromatic heterocycles. The largest absolute Gasteiger partial charge is 0.321 e. The van der Waals surface area contributed by atoms with Crippen LogP contribution in [-0.2, 0) is 0 Å². The predicted octanol–water partition coefficient (Wildman–Crippen LogP) is 2.04. The molecule has 128 valence electrons. The van der Waals surface area contributed by atoms with Gasteiger partial charge in [0.25, 0.3) is 11.5 Å². The molecule has 0 unspecified atom stereocenters. The van der Waals surface area contributed by atoms with Crippen LogP contribution in [0.5, 0.6) is 0 Å². The molecule has 1 amide bonds. The molecule has 0 radical (unpaired) electrons. The van der Waals surface area contributed by atoms with Gasteiger partial charge in [0.1, 0.15) is 11.5 Å². The number of benzene rings is 1. The topological polar surface area (TPSA) is 105 Å². The number of nitrogens with zero attached hydrogens (tertiary/aromatic N) is 4. The molecule has 0 fully saturated rings. The van der Waals surface area contributed by atoms with E-state index in [-0.39, 0.29) is 17.2 Å². The van der Waals surface area contributed by atoms with E-state index >= 15 is 0 Å². The Labute approximate surface area is 147 Å². The molecule has 8 heteroatoms. The van der Waals surface area contributed by atoms with Gasteiger partial charge in [0, 0.05) is 41.6 Å². The van der Waals surface area contributed by atoms with Crippen molar-refractivity contribution in [3.05, 3.63) is 76.7 Å². The predicted molar refractivity (Wildman–Crippen MR) is 96.0 cm³/mol. The molecule has 0 aliphatic rings. The quantitative estimate of drug-likeness (QED) is 0.590. The molecular formula is C18H14N6O2. The van der Waals surface area contributed by atoms with E-state index in [1.165, 1.54) is 6.07 Å². The second-order valence-electron chi connectivity index (χ2n) is 5.72. The average Bonchev–Trinajstić information content (AvgIpc) is 3.06. The molecule has 0 saturated heterocycles. The van der Waals surface area contributed by atoms with Crippen molar-refractivity contribution < 1.29 is 4.79 Å². The van der Waals surface area contributed by atoms with Crippen LogP contribution in [0.3, 0.4) is 0 Å². The van der Waals surface area contributed by atoms with Gasteiger partial charge in [0.2, 0.25) is 5.78 Å². The average molecular weight is 346 g/mol. The fourth-order valence-corrected chi connectivity index (χ4v) is 2.56. The summed E-state index contributed by atoms with van der Waals surface area (Å²) >= 11 is 0. The van der Waals surface area contributed by atoms with Crippen molar-refractivity contribution in [3.63, 3.8) is 0 Å². The van der Waals surface area contributed by atoms with Crippen LogP contribution in [0.4, 0.5) is 5.69 Å². The van der Waals surface area contributed by atoms with Gasteiger partial charge < -0.3 is 10.3 Å². The van der Waals surface area contributed by atoms with E-state index in [2.05, 4.69) is 25.3 Å². The summed E-state index contributed by atoms with van der Waals surface area (Å²) in [7, 11) is 0. The number of aromatic nitrogens is 5. The molecule has 0 saturated carbocycles. The van der Waals surface area contributed by atoms with Crippen molar-refractivity contribution in [1.29, 1.82) is 0 Å². The summed E-state index contributed by atoms with van der Waals surface area (Å²) in [6.45, 7) is 1.76. The number of fused-ring (bicyclic) bond motifs is 1. The Morgan fingerprint density at radius 1 is 1.19 bits per heavy atom. The Balaban J connectivity index is 1.55. The van der Waals surface area contributed by atoms with Crippen molar-refractivity contribution >= 4 is 17.4 Å². The molecule has 0 atom stereocenters. The van der Waals surface area contributed by atoms with Gasteiger partial charge >= 0.3 is 0 Å². The number of carbonyl (C=O) groups is 1. The zero-order chi connectivity index (χ0) is 18.1. The SMILES string of the molecule is Cc1cc(=O)[nH]c(-c2ccc(NC(=O)c3cn4cccnc4n3)cc2)n1. The van der Waals surface area contributed by atoms with Crippen molar-refractivity contribution in [2.24, 2.45) is 0 Å². The first kappa shape index (κ1) is 15.7.